The highest BCUT2D eigenvalue weighted by atomic mass is 35.5. The zero-order valence-corrected chi connectivity index (χ0v) is 20.8. The summed E-state index contributed by atoms with van der Waals surface area (Å²) < 4.78 is 26.0. The van der Waals surface area contributed by atoms with Crippen LogP contribution < -0.4 is 9.62 Å². The number of aryl methyl sites for hydroxylation is 1. The molecule has 174 valence electrons. The number of amides is 2. The molecule has 0 bridgehead atoms. The van der Waals surface area contributed by atoms with E-state index in [1.165, 1.54) is 11.9 Å². The van der Waals surface area contributed by atoms with Crippen LogP contribution in [0.2, 0.25) is 10.0 Å². The highest BCUT2D eigenvalue weighted by Crippen LogP contribution is 2.27. The van der Waals surface area contributed by atoms with Crippen LogP contribution in [0, 0.1) is 0 Å². The smallest absolute Gasteiger partial charge is 0.244 e. The fourth-order valence-electron chi connectivity index (χ4n) is 3.16. The Hall–Kier alpha value is -2.29. The largest absolute Gasteiger partial charge is 0.357 e. The number of sulfonamides is 1. The maximum Gasteiger partial charge on any atom is 0.244 e. The number of carbonyl (C=O) groups excluding carboxylic acids is 2. The maximum atomic E-state index is 13.3. The minimum Gasteiger partial charge on any atom is -0.357 e. The first-order chi connectivity index (χ1) is 15.0. The standard InChI is InChI=1S/C22H27Cl2N3O4S/c1-5-16-9-11-17(12-10-16)27(32(4,30)31)14-21(28)26(15(2)22(29)25-3)13-18-19(23)7-6-8-20(18)24/h6-12,15H,5,13-14H2,1-4H3,(H,25,29)/t15-/m1/s1. The molecule has 0 aliphatic rings. The number of halogens is 2. The summed E-state index contributed by atoms with van der Waals surface area (Å²) in [5.41, 5.74) is 1.87. The Labute approximate surface area is 199 Å². The Morgan fingerprint density at radius 2 is 1.62 bits per heavy atom. The summed E-state index contributed by atoms with van der Waals surface area (Å²) in [5, 5.41) is 3.20. The lowest BCUT2D eigenvalue weighted by Crippen LogP contribution is -2.50. The van der Waals surface area contributed by atoms with Crippen molar-refractivity contribution in [3.8, 4) is 0 Å². The highest BCUT2D eigenvalue weighted by Gasteiger charge is 2.30. The van der Waals surface area contributed by atoms with E-state index in [1.807, 2.05) is 19.1 Å². The first kappa shape index (κ1) is 26.0. The van der Waals surface area contributed by atoms with Gasteiger partial charge in [0.25, 0.3) is 0 Å². The van der Waals surface area contributed by atoms with Gasteiger partial charge in [0.1, 0.15) is 12.6 Å². The van der Waals surface area contributed by atoms with Gasteiger partial charge in [0.2, 0.25) is 21.8 Å². The number of benzene rings is 2. The van der Waals surface area contributed by atoms with Crippen LogP contribution in [0.3, 0.4) is 0 Å². The predicted octanol–water partition coefficient (Wildman–Crippen LogP) is 3.49. The molecule has 2 aromatic rings. The summed E-state index contributed by atoms with van der Waals surface area (Å²) in [6.45, 7) is 3.01. The van der Waals surface area contributed by atoms with E-state index in [1.54, 1.807) is 37.3 Å². The van der Waals surface area contributed by atoms with Crippen molar-refractivity contribution in [2.24, 2.45) is 0 Å². The molecule has 0 aliphatic heterocycles. The summed E-state index contributed by atoms with van der Waals surface area (Å²) in [4.78, 5) is 26.9. The highest BCUT2D eigenvalue weighted by molar-refractivity contribution is 7.92. The first-order valence-electron chi connectivity index (χ1n) is 10.00. The van der Waals surface area contributed by atoms with Gasteiger partial charge in [-0.15, -0.1) is 0 Å². The topological polar surface area (TPSA) is 86.8 Å². The van der Waals surface area contributed by atoms with Crippen LogP contribution in [0.15, 0.2) is 42.5 Å². The van der Waals surface area contributed by atoms with E-state index in [4.69, 9.17) is 23.2 Å². The van der Waals surface area contributed by atoms with Crippen molar-refractivity contribution in [2.45, 2.75) is 32.9 Å². The summed E-state index contributed by atoms with van der Waals surface area (Å²) in [5.74, 6) is -0.971. The molecule has 0 unspecified atom stereocenters. The molecule has 0 aliphatic carbocycles. The van der Waals surface area contributed by atoms with Crippen LogP contribution in [-0.2, 0) is 32.6 Å². The van der Waals surface area contributed by atoms with Gasteiger partial charge in [0.05, 0.1) is 11.9 Å². The van der Waals surface area contributed by atoms with Crippen molar-refractivity contribution < 1.29 is 18.0 Å². The van der Waals surface area contributed by atoms with Crippen LogP contribution in [0.4, 0.5) is 5.69 Å². The number of hydrogen-bond acceptors (Lipinski definition) is 4. The molecule has 1 N–H and O–H groups in total. The van der Waals surface area contributed by atoms with E-state index in [0.29, 0.717) is 21.3 Å². The van der Waals surface area contributed by atoms with Gasteiger partial charge < -0.3 is 10.2 Å². The predicted molar refractivity (Wildman–Crippen MR) is 129 cm³/mol. The molecule has 0 saturated heterocycles. The van der Waals surface area contributed by atoms with E-state index >= 15 is 0 Å². The van der Waals surface area contributed by atoms with E-state index in [0.717, 1.165) is 22.5 Å². The molecule has 2 rings (SSSR count). The molecular formula is C22H27Cl2N3O4S. The van der Waals surface area contributed by atoms with Crippen molar-refractivity contribution in [3.05, 3.63) is 63.6 Å². The van der Waals surface area contributed by atoms with Gasteiger partial charge in [-0.2, -0.15) is 0 Å². The quantitative estimate of drug-likeness (QED) is 0.571. The lowest BCUT2D eigenvalue weighted by Gasteiger charge is -2.31. The van der Waals surface area contributed by atoms with E-state index in [9.17, 15) is 18.0 Å². The third-order valence-corrected chi connectivity index (χ3v) is 6.96. The lowest BCUT2D eigenvalue weighted by molar-refractivity contribution is -0.139. The van der Waals surface area contributed by atoms with Crippen LogP contribution in [0.5, 0.6) is 0 Å². The minimum atomic E-state index is -3.77. The average Bonchev–Trinajstić information content (AvgIpc) is 2.75. The van der Waals surface area contributed by atoms with E-state index in [-0.39, 0.29) is 6.54 Å². The Kier molecular flexibility index (Phi) is 8.95. The number of hydrogen-bond donors (Lipinski definition) is 1. The Balaban J connectivity index is 2.42. The van der Waals surface area contributed by atoms with Crippen LogP contribution >= 0.6 is 23.2 Å². The minimum absolute atomic E-state index is 0.0572. The van der Waals surface area contributed by atoms with Crippen LogP contribution in [0.1, 0.15) is 25.0 Å². The fraction of sp³-hybridized carbons (Fsp3) is 0.364. The van der Waals surface area contributed by atoms with Gasteiger partial charge in [0.15, 0.2) is 0 Å². The molecule has 7 nitrogen and oxygen atoms in total. The van der Waals surface area contributed by atoms with Crippen molar-refractivity contribution in [1.29, 1.82) is 0 Å². The second kappa shape index (κ2) is 11.0. The Morgan fingerprint density at radius 1 is 1.06 bits per heavy atom. The van der Waals surface area contributed by atoms with Crippen LogP contribution in [0.25, 0.3) is 0 Å². The van der Waals surface area contributed by atoms with Crippen molar-refractivity contribution in [2.75, 3.05) is 24.2 Å². The number of carbonyl (C=O) groups is 2. The first-order valence-corrected chi connectivity index (χ1v) is 12.6. The number of nitrogens with zero attached hydrogens (tertiary/aromatic N) is 2. The molecule has 0 heterocycles. The second-order valence-electron chi connectivity index (χ2n) is 7.30. The SMILES string of the molecule is CCc1ccc(N(CC(=O)N(Cc2c(Cl)cccc2Cl)[C@H](C)C(=O)NC)S(C)(=O)=O)cc1. The zero-order chi connectivity index (χ0) is 24.1. The molecule has 2 amide bonds. The maximum absolute atomic E-state index is 13.3. The lowest BCUT2D eigenvalue weighted by atomic mass is 10.1. The monoisotopic (exact) mass is 499 g/mol. The Morgan fingerprint density at radius 3 is 2.09 bits per heavy atom. The molecule has 10 heteroatoms. The van der Waals surface area contributed by atoms with Gasteiger partial charge in [-0.3, -0.25) is 13.9 Å². The van der Waals surface area contributed by atoms with Gasteiger partial charge in [-0.25, -0.2) is 8.42 Å². The third kappa shape index (κ3) is 6.37. The van der Waals surface area contributed by atoms with Crippen LogP contribution in [-0.4, -0.2) is 51.0 Å². The third-order valence-electron chi connectivity index (χ3n) is 5.12. The molecule has 0 spiro atoms. The zero-order valence-electron chi connectivity index (χ0n) is 18.4. The molecule has 0 aromatic heterocycles. The number of anilines is 1. The molecule has 1 atom stereocenters. The number of nitrogens with one attached hydrogen (secondary N) is 1. The summed E-state index contributed by atoms with van der Waals surface area (Å²) in [6, 6.07) is 11.0. The average molecular weight is 500 g/mol. The van der Waals surface area contributed by atoms with Gasteiger partial charge in [-0.1, -0.05) is 48.3 Å². The van der Waals surface area contributed by atoms with Crippen molar-refractivity contribution >= 4 is 50.7 Å². The molecule has 0 saturated carbocycles. The molecular weight excluding hydrogens is 473 g/mol. The number of rotatable bonds is 9. The van der Waals surface area contributed by atoms with Gasteiger partial charge in [0, 0.05) is 29.2 Å². The van der Waals surface area contributed by atoms with E-state index < -0.39 is 34.4 Å². The molecule has 0 radical (unpaired) electrons. The van der Waals surface area contributed by atoms with Crippen molar-refractivity contribution in [3.63, 3.8) is 0 Å². The van der Waals surface area contributed by atoms with E-state index in [2.05, 4.69) is 5.32 Å². The van der Waals surface area contributed by atoms with Crippen molar-refractivity contribution in [1.82, 2.24) is 10.2 Å². The summed E-state index contributed by atoms with van der Waals surface area (Å²) in [7, 11) is -2.31. The molecule has 2 aromatic carbocycles. The molecule has 32 heavy (non-hydrogen) atoms. The van der Waals surface area contributed by atoms with Gasteiger partial charge in [-0.05, 0) is 43.2 Å². The summed E-state index contributed by atoms with van der Waals surface area (Å²) in [6.07, 6.45) is 1.83. The summed E-state index contributed by atoms with van der Waals surface area (Å²) >= 11 is 12.5. The fourth-order valence-corrected chi connectivity index (χ4v) is 4.52. The number of likely N-dealkylation sites (N-methyl/N-ethyl adjacent to an activating group) is 1. The second-order valence-corrected chi connectivity index (χ2v) is 10.0. The van der Waals surface area contributed by atoms with Gasteiger partial charge >= 0.3 is 0 Å². The normalized spacial score (nSPS) is 12.2. The molecule has 0 fully saturated rings. The Bertz CT molecular complexity index is 1050.